The standard InChI is InChI=1S/C19H22N2O3/c1-4-6-7-15(5-2)17-12-24-19-16(17)10-11-21(19)14(3)8-9-18(23)20-13-22/h4-7,10-14H,2,8-9H2,1,3H3,(H,20,22,23)/b6-4-,15-7+. The predicted molar refractivity (Wildman–Crippen MR) is 95.3 cm³/mol. The number of carbonyl (C=O) groups is 2. The molecule has 1 atom stereocenters. The van der Waals surface area contributed by atoms with E-state index in [0.29, 0.717) is 12.8 Å². The third-order valence-electron chi connectivity index (χ3n) is 3.93. The van der Waals surface area contributed by atoms with Gasteiger partial charge in [0.2, 0.25) is 18.0 Å². The van der Waals surface area contributed by atoms with E-state index in [4.69, 9.17) is 4.42 Å². The van der Waals surface area contributed by atoms with Crippen molar-refractivity contribution in [2.45, 2.75) is 32.7 Å². The van der Waals surface area contributed by atoms with Crippen LogP contribution < -0.4 is 5.32 Å². The Morgan fingerprint density at radius 2 is 2.29 bits per heavy atom. The number of nitrogens with one attached hydrogen (secondary N) is 1. The van der Waals surface area contributed by atoms with Crippen molar-refractivity contribution in [3.63, 3.8) is 0 Å². The lowest BCUT2D eigenvalue weighted by Crippen LogP contribution is -2.21. The maximum atomic E-state index is 11.4. The van der Waals surface area contributed by atoms with Gasteiger partial charge in [-0.05, 0) is 31.9 Å². The van der Waals surface area contributed by atoms with E-state index < -0.39 is 0 Å². The minimum absolute atomic E-state index is 0.0746. The first-order valence-corrected chi connectivity index (χ1v) is 7.89. The van der Waals surface area contributed by atoms with Crippen LogP contribution in [0, 0.1) is 0 Å². The third kappa shape index (κ3) is 3.74. The van der Waals surface area contributed by atoms with Crippen molar-refractivity contribution in [2.24, 2.45) is 0 Å². The van der Waals surface area contributed by atoms with E-state index >= 15 is 0 Å². The minimum atomic E-state index is -0.274. The number of furan rings is 1. The molecule has 1 N–H and O–H groups in total. The van der Waals surface area contributed by atoms with Gasteiger partial charge in [-0.3, -0.25) is 14.9 Å². The normalized spacial score (nSPS) is 13.3. The zero-order chi connectivity index (χ0) is 17.5. The Bertz CT molecular complexity index is 793. The number of hydrogen-bond acceptors (Lipinski definition) is 3. The summed E-state index contributed by atoms with van der Waals surface area (Å²) in [5.41, 5.74) is 2.74. The SMILES string of the molecule is C=C/C(=C\C=C/C)c1coc2c1ccn2C(C)CCC(=O)NC=O. The molecule has 2 heterocycles. The molecule has 126 valence electrons. The summed E-state index contributed by atoms with van der Waals surface area (Å²) in [5, 5.41) is 3.16. The average Bonchev–Trinajstić information content (AvgIpc) is 3.16. The number of nitrogens with zero attached hydrogens (tertiary/aromatic N) is 1. The number of amides is 2. The first kappa shape index (κ1) is 17.5. The summed E-state index contributed by atoms with van der Waals surface area (Å²) in [7, 11) is 0. The fourth-order valence-corrected chi connectivity index (χ4v) is 2.60. The second kappa shape index (κ2) is 8.15. The zero-order valence-corrected chi connectivity index (χ0v) is 14.0. The molecule has 0 bridgehead atoms. The van der Waals surface area contributed by atoms with Gasteiger partial charge in [-0.15, -0.1) is 0 Å². The molecule has 0 spiro atoms. The molecule has 5 nitrogen and oxygen atoms in total. The van der Waals surface area contributed by atoms with Crippen molar-refractivity contribution in [3.05, 3.63) is 55.0 Å². The molecule has 2 amide bonds. The van der Waals surface area contributed by atoms with E-state index in [0.717, 1.165) is 22.2 Å². The van der Waals surface area contributed by atoms with E-state index in [-0.39, 0.29) is 18.4 Å². The first-order chi connectivity index (χ1) is 11.6. The Hall–Kier alpha value is -2.82. The number of allylic oxidation sites excluding steroid dienone is 5. The highest BCUT2D eigenvalue weighted by atomic mass is 16.3. The lowest BCUT2D eigenvalue weighted by Gasteiger charge is -2.12. The van der Waals surface area contributed by atoms with Gasteiger partial charge >= 0.3 is 0 Å². The third-order valence-corrected chi connectivity index (χ3v) is 3.93. The molecule has 2 rings (SSSR count). The lowest BCUT2D eigenvalue weighted by molar-refractivity contribution is -0.125. The molecule has 0 radical (unpaired) electrons. The summed E-state index contributed by atoms with van der Waals surface area (Å²) in [6.07, 6.45) is 12.7. The van der Waals surface area contributed by atoms with Crippen LogP contribution in [-0.2, 0) is 9.59 Å². The molecule has 0 saturated heterocycles. The Kier molecular flexibility index (Phi) is 5.95. The average molecular weight is 326 g/mol. The highest BCUT2D eigenvalue weighted by Gasteiger charge is 2.16. The van der Waals surface area contributed by atoms with E-state index in [1.165, 1.54) is 0 Å². The van der Waals surface area contributed by atoms with Crippen molar-refractivity contribution in [3.8, 4) is 0 Å². The highest BCUT2D eigenvalue weighted by molar-refractivity contribution is 5.93. The van der Waals surface area contributed by atoms with Crippen molar-refractivity contribution in [1.29, 1.82) is 0 Å². The number of hydrogen-bond donors (Lipinski definition) is 1. The number of aromatic nitrogens is 1. The smallest absolute Gasteiger partial charge is 0.226 e. The summed E-state index contributed by atoms with van der Waals surface area (Å²) in [4.78, 5) is 21.7. The predicted octanol–water partition coefficient (Wildman–Crippen LogP) is 3.99. The van der Waals surface area contributed by atoms with Crippen molar-refractivity contribution in [1.82, 2.24) is 9.88 Å². The van der Waals surface area contributed by atoms with Crippen LogP contribution in [0.1, 0.15) is 38.3 Å². The maximum Gasteiger partial charge on any atom is 0.226 e. The molecule has 0 fully saturated rings. The molecule has 1 unspecified atom stereocenters. The molecule has 0 aromatic carbocycles. The quantitative estimate of drug-likeness (QED) is 0.589. The van der Waals surface area contributed by atoms with Gasteiger partial charge in [-0.25, -0.2) is 0 Å². The molecule has 24 heavy (non-hydrogen) atoms. The van der Waals surface area contributed by atoms with Gasteiger partial charge in [0.25, 0.3) is 0 Å². The van der Waals surface area contributed by atoms with Crippen molar-refractivity contribution < 1.29 is 14.0 Å². The van der Waals surface area contributed by atoms with E-state index in [9.17, 15) is 9.59 Å². The van der Waals surface area contributed by atoms with Crippen LogP contribution in [-0.4, -0.2) is 16.9 Å². The van der Waals surface area contributed by atoms with Crippen LogP contribution in [0.2, 0.25) is 0 Å². The summed E-state index contributed by atoms with van der Waals surface area (Å²) in [6.45, 7) is 7.83. The Morgan fingerprint density at radius 1 is 1.50 bits per heavy atom. The van der Waals surface area contributed by atoms with Crippen LogP contribution >= 0.6 is 0 Å². The Labute approximate surface area is 141 Å². The topological polar surface area (TPSA) is 64.2 Å². The Balaban J connectivity index is 2.24. The molecule has 2 aromatic heterocycles. The van der Waals surface area contributed by atoms with E-state index in [1.807, 2.05) is 48.9 Å². The summed E-state index contributed by atoms with van der Waals surface area (Å²) >= 11 is 0. The molecule has 5 heteroatoms. The number of carbonyl (C=O) groups excluding carboxylic acids is 2. The van der Waals surface area contributed by atoms with Gasteiger partial charge in [0, 0.05) is 29.6 Å². The largest absolute Gasteiger partial charge is 0.447 e. The summed E-state index contributed by atoms with van der Waals surface area (Å²) in [6, 6.07) is 2.08. The summed E-state index contributed by atoms with van der Waals surface area (Å²) < 4.78 is 7.76. The fourth-order valence-electron chi connectivity index (χ4n) is 2.60. The summed E-state index contributed by atoms with van der Waals surface area (Å²) in [5.74, 6) is -0.274. The number of imide groups is 1. The van der Waals surface area contributed by atoms with Gasteiger partial charge < -0.3 is 8.98 Å². The van der Waals surface area contributed by atoms with Crippen LogP contribution in [0.25, 0.3) is 16.7 Å². The van der Waals surface area contributed by atoms with Gasteiger partial charge in [-0.1, -0.05) is 30.9 Å². The van der Waals surface area contributed by atoms with Gasteiger partial charge in [0.05, 0.1) is 0 Å². The van der Waals surface area contributed by atoms with Crippen LogP contribution in [0.3, 0.4) is 0 Å². The van der Waals surface area contributed by atoms with E-state index in [1.54, 1.807) is 12.3 Å². The van der Waals surface area contributed by atoms with Crippen LogP contribution in [0.15, 0.2) is 53.8 Å². The second-order valence-electron chi connectivity index (χ2n) is 5.52. The molecular weight excluding hydrogens is 304 g/mol. The highest BCUT2D eigenvalue weighted by Crippen LogP contribution is 2.31. The van der Waals surface area contributed by atoms with Gasteiger partial charge in [0.15, 0.2) is 0 Å². The van der Waals surface area contributed by atoms with Crippen LogP contribution in [0.4, 0.5) is 0 Å². The monoisotopic (exact) mass is 326 g/mol. The van der Waals surface area contributed by atoms with Crippen molar-refractivity contribution in [2.75, 3.05) is 0 Å². The lowest BCUT2D eigenvalue weighted by atomic mass is 10.1. The van der Waals surface area contributed by atoms with Crippen molar-refractivity contribution >= 4 is 29.0 Å². The van der Waals surface area contributed by atoms with Gasteiger partial charge in [0.1, 0.15) is 6.26 Å². The molecular formula is C19H22N2O3. The minimum Gasteiger partial charge on any atom is -0.447 e. The number of rotatable bonds is 8. The molecule has 2 aromatic rings. The molecule has 0 aliphatic carbocycles. The molecule has 0 aliphatic rings. The number of fused-ring (bicyclic) bond motifs is 1. The molecule has 0 saturated carbocycles. The first-order valence-electron chi connectivity index (χ1n) is 7.89. The van der Waals surface area contributed by atoms with Gasteiger partial charge in [-0.2, -0.15) is 0 Å². The Morgan fingerprint density at radius 3 is 2.96 bits per heavy atom. The maximum absolute atomic E-state index is 11.4. The second-order valence-corrected chi connectivity index (χ2v) is 5.52. The van der Waals surface area contributed by atoms with Crippen LogP contribution in [0.5, 0.6) is 0 Å². The zero-order valence-electron chi connectivity index (χ0n) is 14.0. The van der Waals surface area contributed by atoms with E-state index in [2.05, 4.69) is 11.9 Å². The molecule has 0 aliphatic heterocycles. The fraction of sp³-hybridized carbons (Fsp3) is 0.263.